The van der Waals surface area contributed by atoms with Crippen LogP contribution in [0.2, 0.25) is 0 Å². The molecule has 0 bridgehead atoms. The molecule has 1 heterocycles. The van der Waals surface area contributed by atoms with Crippen molar-refractivity contribution in [3.05, 3.63) is 23.7 Å². The number of nitrogens with two attached hydrogens (primary N) is 1. The van der Waals surface area contributed by atoms with Gasteiger partial charge in [-0.1, -0.05) is 26.1 Å². The molecule has 0 aliphatic heterocycles. The molecule has 0 fully saturated rings. The van der Waals surface area contributed by atoms with Crippen LogP contribution in [-0.4, -0.2) is 16.9 Å². The number of furan rings is 1. The van der Waals surface area contributed by atoms with Gasteiger partial charge in [0.2, 0.25) is 0 Å². The zero-order valence-corrected chi connectivity index (χ0v) is 10.3. The third kappa shape index (κ3) is 2.82. The van der Waals surface area contributed by atoms with Crippen molar-refractivity contribution in [1.82, 2.24) is 5.32 Å². The van der Waals surface area contributed by atoms with Gasteiger partial charge in [-0.05, 0) is 12.5 Å². The highest BCUT2D eigenvalue weighted by Crippen LogP contribution is 2.11. The fraction of sp³-hybridized carbons (Fsp3) is 0.455. The third-order valence-electron chi connectivity index (χ3n) is 2.37. The Kier molecular flexibility index (Phi) is 4.49. The minimum Gasteiger partial charge on any atom is -0.469 e. The smallest absolute Gasteiger partial charge is 0.255 e. The van der Waals surface area contributed by atoms with Crippen LogP contribution in [0.3, 0.4) is 0 Å². The van der Waals surface area contributed by atoms with E-state index in [9.17, 15) is 4.79 Å². The fourth-order valence-electron chi connectivity index (χ4n) is 1.43. The second-order valence-corrected chi connectivity index (χ2v) is 3.92. The van der Waals surface area contributed by atoms with Crippen molar-refractivity contribution in [2.24, 2.45) is 5.73 Å². The van der Waals surface area contributed by atoms with Crippen LogP contribution in [0, 0.1) is 0 Å². The first-order valence-corrected chi connectivity index (χ1v) is 5.67. The van der Waals surface area contributed by atoms with Crippen molar-refractivity contribution in [2.75, 3.05) is 0 Å². The molecule has 0 aliphatic rings. The zero-order chi connectivity index (χ0) is 12.1. The van der Waals surface area contributed by atoms with Crippen LogP contribution in [0.25, 0.3) is 0 Å². The van der Waals surface area contributed by atoms with Gasteiger partial charge in [0.25, 0.3) is 5.91 Å². The molecule has 1 aromatic heterocycles. The Labute approximate surface area is 100 Å². The molecule has 1 unspecified atom stereocenters. The molecule has 0 saturated heterocycles. The van der Waals surface area contributed by atoms with E-state index in [0.29, 0.717) is 29.2 Å². The minimum atomic E-state index is -0.262. The number of carbonyl (C=O) groups excluding carboxylic acids is 1. The number of rotatable bonds is 5. The van der Waals surface area contributed by atoms with Crippen molar-refractivity contribution in [1.29, 1.82) is 0 Å². The van der Waals surface area contributed by atoms with E-state index in [1.54, 1.807) is 6.07 Å². The topological polar surface area (TPSA) is 68.3 Å². The van der Waals surface area contributed by atoms with Crippen LogP contribution >= 0.6 is 12.2 Å². The van der Waals surface area contributed by atoms with Gasteiger partial charge in [0, 0.05) is 6.42 Å². The standard InChI is InChI=1S/C11H16N2O2S/c1-3-8(10(12)16)13-11(14)7-5-6-15-9(7)4-2/h5-6,8H,3-4H2,1-2H3,(H2,12,16)(H,13,14). The molecule has 5 heteroatoms. The van der Waals surface area contributed by atoms with Gasteiger partial charge in [-0.2, -0.15) is 0 Å². The second-order valence-electron chi connectivity index (χ2n) is 3.45. The minimum absolute atomic E-state index is 0.190. The lowest BCUT2D eigenvalue weighted by molar-refractivity contribution is 0.0944. The molecule has 1 amide bonds. The summed E-state index contributed by atoms with van der Waals surface area (Å²) in [7, 11) is 0. The van der Waals surface area contributed by atoms with Gasteiger partial charge in [0.1, 0.15) is 5.76 Å². The number of thiocarbonyl (C=S) groups is 1. The van der Waals surface area contributed by atoms with Crippen LogP contribution in [0.4, 0.5) is 0 Å². The number of carbonyl (C=O) groups is 1. The largest absolute Gasteiger partial charge is 0.469 e. The van der Waals surface area contributed by atoms with Crippen LogP contribution in [0.1, 0.15) is 36.4 Å². The number of amides is 1. The molecule has 4 nitrogen and oxygen atoms in total. The molecule has 1 rings (SSSR count). The van der Waals surface area contributed by atoms with Gasteiger partial charge < -0.3 is 15.5 Å². The van der Waals surface area contributed by atoms with E-state index in [1.165, 1.54) is 6.26 Å². The molecular formula is C11H16N2O2S. The lowest BCUT2D eigenvalue weighted by Crippen LogP contribution is -2.43. The maximum absolute atomic E-state index is 11.9. The third-order valence-corrected chi connectivity index (χ3v) is 2.65. The highest BCUT2D eigenvalue weighted by atomic mass is 32.1. The van der Waals surface area contributed by atoms with Gasteiger partial charge in [0.15, 0.2) is 0 Å². The molecule has 0 radical (unpaired) electrons. The lowest BCUT2D eigenvalue weighted by Gasteiger charge is -2.14. The molecule has 88 valence electrons. The van der Waals surface area contributed by atoms with Gasteiger partial charge in [-0.15, -0.1) is 0 Å². The van der Waals surface area contributed by atoms with Crippen LogP contribution in [0.15, 0.2) is 16.7 Å². The molecule has 1 aromatic rings. The summed E-state index contributed by atoms with van der Waals surface area (Å²) in [5.74, 6) is 0.487. The monoisotopic (exact) mass is 240 g/mol. The number of nitrogens with one attached hydrogen (secondary N) is 1. The Morgan fingerprint density at radius 3 is 2.81 bits per heavy atom. The van der Waals surface area contributed by atoms with E-state index in [-0.39, 0.29) is 11.9 Å². The van der Waals surface area contributed by atoms with E-state index in [1.807, 2.05) is 13.8 Å². The van der Waals surface area contributed by atoms with Gasteiger partial charge in [0.05, 0.1) is 22.9 Å². The SMILES string of the molecule is CCc1occc1C(=O)NC(CC)C(N)=S. The Bertz CT molecular complexity index is 387. The predicted molar refractivity (Wildman–Crippen MR) is 66.4 cm³/mol. The lowest BCUT2D eigenvalue weighted by atomic mass is 10.1. The Hall–Kier alpha value is -1.36. The average molecular weight is 240 g/mol. The Morgan fingerprint density at radius 1 is 1.62 bits per heavy atom. The molecule has 16 heavy (non-hydrogen) atoms. The van der Waals surface area contributed by atoms with Crippen molar-refractivity contribution < 1.29 is 9.21 Å². The van der Waals surface area contributed by atoms with Crippen LogP contribution < -0.4 is 11.1 Å². The molecular weight excluding hydrogens is 224 g/mol. The highest BCUT2D eigenvalue weighted by Gasteiger charge is 2.17. The van der Waals surface area contributed by atoms with Crippen molar-refractivity contribution in [2.45, 2.75) is 32.7 Å². The molecule has 1 atom stereocenters. The van der Waals surface area contributed by atoms with E-state index < -0.39 is 0 Å². The molecule has 0 saturated carbocycles. The van der Waals surface area contributed by atoms with Crippen LogP contribution in [-0.2, 0) is 6.42 Å². The molecule has 0 spiro atoms. The second kappa shape index (κ2) is 5.65. The average Bonchev–Trinajstić information content (AvgIpc) is 2.72. The number of hydrogen-bond donors (Lipinski definition) is 2. The summed E-state index contributed by atoms with van der Waals surface area (Å²) >= 11 is 4.86. The first-order valence-electron chi connectivity index (χ1n) is 5.26. The summed E-state index contributed by atoms with van der Waals surface area (Å²) in [6, 6.07) is 1.39. The van der Waals surface area contributed by atoms with Crippen molar-refractivity contribution in [3.8, 4) is 0 Å². The number of aryl methyl sites for hydroxylation is 1. The van der Waals surface area contributed by atoms with Gasteiger partial charge >= 0.3 is 0 Å². The molecule has 0 aromatic carbocycles. The highest BCUT2D eigenvalue weighted by molar-refractivity contribution is 7.80. The van der Waals surface area contributed by atoms with Gasteiger partial charge in [-0.3, -0.25) is 4.79 Å². The van der Waals surface area contributed by atoms with Crippen molar-refractivity contribution in [3.63, 3.8) is 0 Å². The van der Waals surface area contributed by atoms with E-state index in [2.05, 4.69) is 5.32 Å². The normalized spacial score (nSPS) is 12.1. The molecule has 0 aliphatic carbocycles. The molecule has 3 N–H and O–H groups in total. The maximum Gasteiger partial charge on any atom is 0.255 e. The Balaban J connectivity index is 2.75. The first-order chi connectivity index (χ1) is 7.60. The van der Waals surface area contributed by atoms with Gasteiger partial charge in [-0.25, -0.2) is 0 Å². The van der Waals surface area contributed by atoms with E-state index in [0.717, 1.165) is 0 Å². The zero-order valence-electron chi connectivity index (χ0n) is 9.45. The van der Waals surface area contributed by atoms with E-state index in [4.69, 9.17) is 22.4 Å². The van der Waals surface area contributed by atoms with E-state index >= 15 is 0 Å². The first kappa shape index (κ1) is 12.7. The summed E-state index contributed by atoms with van der Waals surface area (Å²) in [5.41, 5.74) is 6.07. The van der Waals surface area contributed by atoms with Crippen molar-refractivity contribution >= 4 is 23.1 Å². The summed E-state index contributed by atoms with van der Waals surface area (Å²) < 4.78 is 5.19. The summed E-state index contributed by atoms with van der Waals surface area (Å²) in [6.07, 6.45) is 2.87. The quantitative estimate of drug-likeness (QED) is 0.768. The maximum atomic E-state index is 11.9. The summed E-state index contributed by atoms with van der Waals surface area (Å²) in [4.78, 5) is 12.2. The fourth-order valence-corrected chi connectivity index (χ4v) is 1.65. The van der Waals surface area contributed by atoms with Crippen LogP contribution in [0.5, 0.6) is 0 Å². The number of hydrogen-bond acceptors (Lipinski definition) is 3. The predicted octanol–water partition coefficient (Wildman–Crippen LogP) is 1.64. The summed E-state index contributed by atoms with van der Waals surface area (Å²) in [6.45, 7) is 3.85. The summed E-state index contributed by atoms with van der Waals surface area (Å²) in [5, 5.41) is 2.78. The Morgan fingerprint density at radius 2 is 2.31 bits per heavy atom.